The molecule has 2 rings (SSSR count). The number of hydrogen-bond donors (Lipinski definition) is 1. The molecule has 0 bridgehead atoms. The predicted octanol–water partition coefficient (Wildman–Crippen LogP) is 4.83. The van der Waals surface area contributed by atoms with Crippen molar-refractivity contribution in [2.24, 2.45) is 5.92 Å². The number of hydrogen-bond acceptors (Lipinski definition) is 5. The third-order valence-electron chi connectivity index (χ3n) is 3.77. The number of nitro groups is 1. The summed E-state index contributed by atoms with van der Waals surface area (Å²) in [6.45, 7) is 4.74. The molecule has 0 fully saturated rings. The molecule has 0 saturated carbocycles. The predicted molar refractivity (Wildman–Crippen MR) is 103 cm³/mol. The minimum absolute atomic E-state index is 0.0248. The van der Waals surface area contributed by atoms with Crippen molar-refractivity contribution in [2.75, 3.05) is 13.7 Å². The van der Waals surface area contributed by atoms with Crippen molar-refractivity contribution in [1.29, 1.82) is 0 Å². The van der Waals surface area contributed by atoms with Crippen LogP contribution in [0.1, 0.15) is 30.6 Å². The van der Waals surface area contributed by atoms with Gasteiger partial charge in [-0.25, -0.2) is 0 Å². The number of methoxy groups -OCH3 is 1. The van der Waals surface area contributed by atoms with Crippen molar-refractivity contribution in [3.05, 3.63) is 57.1 Å². The normalized spacial score (nSPS) is 10.6. The molecule has 2 aromatic rings. The van der Waals surface area contributed by atoms with Crippen LogP contribution in [0, 0.1) is 16.0 Å². The molecule has 0 aliphatic heterocycles. The molecule has 0 spiro atoms. The Kier molecular flexibility index (Phi) is 7.01. The van der Waals surface area contributed by atoms with E-state index in [9.17, 15) is 14.9 Å². The molecule has 1 amide bonds. The van der Waals surface area contributed by atoms with E-state index in [1.807, 2.05) is 0 Å². The summed E-state index contributed by atoms with van der Waals surface area (Å²) in [5, 5.41) is 14.3. The first-order chi connectivity index (χ1) is 12.8. The lowest BCUT2D eigenvalue weighted by molar-refractivity contribution is -0.385. The van der Waals surface area contributed by atoms with Gasteiger partial charge in [0.15, 0.2) is 11.5 Å². The van der Waals surface area contributed by atoms with Gasteiger partial charge in [-0.15, -0.1) is 0 Å². The van der Waals surface area contributed by atoms with E-state index in [1.165, 1.54) is 37.4 Å². The number of carbonyl (C=O) groups excluding carboxylic acids is 1. The molecule has 0 aromatic heterocycles. The van der Waals surface area contributed by atoms with E-state index in [-0.39, 0.29) is 33.9 Å². The fraction of sp³-hybridized carbons (Fsp3) is 0.316. The molecule has 1 N–H and O–H groups in total. The van der Waals surface area contributed by atoms with Crippen LogP contribution in [-0.4, -0.2) is 24.5 Å². The van der Waals surface area contributed by atoms with Crippen molar-refractivity contribution in [3.8, 4) is 17.2 Å². The third-order valence-corrected chi connectivity index (χ3v) is 4.01. The SMILES string of the molecule is COc1cc(C(=O)NCCC(C)C)ccc1Oc1ccc(Cl)cc1[N+](=O)[O-]. The van der Waals surface area contributed by atoms with Gasteiger partial charge in [-0.1, -0.05) is 25.4 Å². The maximum absolute atomic E-state index is 12.2. The zero-order valence-electron chi connectivity index (χ0n) is 15.3. The lowest BCUT2D eigenvalue weighted by Gasteiger charge is -2.12. The summed E-state index contributed by atoms with van der Waals surface area (Å²) in [4.78, 5) is 22.8. The highest BCUT2D eigenvalue weighted by molar-refractivity contribution is 6.30. The van der Waals surface area contributed by atoms with Crippen LogP contribution < -0.4 is 14.8 Å². The molecule has 8 heteroatoms. The highest BCUT2D eigenvalue weighted by Gasteiger charge is 2.19. The number of halogens is 1. The Hall–Kier alpha value is -2.80. The number of ether oxygens (including phenoxy) is 2. The average molecular weight is 393 g/mol. The molecule has 7 nitrogen and oxygen atoms in total. The Bertz CT molecular complexity index is 839. The van der Waals surface area contributed by atoms with E-state index in [0.717, 1.165) is 6.42 Å². The summed E-state index contributed by atoms with van der Waals surface area (Å²) in [6, 6.07) is 8.75. The zero-order valence-corrected chi connectivity index (χ0v) is 16.1. The van der Waals surface area contributed by atoms with E-state index in [0.29, 0.717) is 18.0 Å². The molecule has 144 valence electrons. The minimum atomic E-state index is -0.579. The largest absolute Gasteiger partial charge is 0.493 e. The van der Waals surface area contributed by atoms with Crippen LogP contribution in [0.3, 0.4) is 0 Å². The van der Waals surface area contributed by atoms with Gasteiger partial charge >= 0.3 is 5.69 Å². The van der Waals surface area contributed by atoms with Crippen LogP contribution in [0.15, 0.2) is 36.4 Å². The van der Waals surface area contributed by atoms with Gasteiger partial charge in [0.25, 0.3) is 5.91 Å². The summed E-state index contributed by atoms with van der Waals surface area (Å²) in [7, 11) is 1.43. The summed E-state index contributed by atoms with van der Waals surface area (Å²) in [6.07, 6.45) is 0.879. The standard InChI is InChI=1S/C19H21ClN2O5/c1-12(2)8-9-21-19(23)13-4-6-17(18(10-13)26-3)27-16-7-5-14(20)11-15(16)22(24)25/h4-7,10-12H,8-9H2,1-3H3,(H,21,23). The molecule has 0 saturated heterocycles. The highest BCUT2D eigenvalue weighted by atomic mass is 35.5. The quantitative estimate of drug-likeness (QED) is 0.513. The van der Waals surface area contributed by atoms with E-state index in [4.69, 9.17) is 21.1 Å². The Morgan fingerprint density at radius 3 is 2.52 bits per heavy atom. The third kappa shape index (κ3) is 5.59. The molecular weight excluding hydrogens is 372 g/mol. The maximum atomic E-state index is 12.2. The van der Waals surface area contributed by atoms with Gasteiger partial charge in [0.05, 0.1) is 12.0 Å². The van der Waals surface area contributed by atoms with Crippen LogP contribution in [0.2, 0.25) is 5.02 Å². The molecule has 0 unspecified atom stereocenters. The average Bonchev–Trinajstić information content (AvgIpc) is 2.62. The van der Waals surface area contributed by atoms with Crippen molar-refractivity contribution in [2.45, 2.75) is 20.3 Å². The van der Waals surface area contributed by atoms with E-state index in [2.05, 4.69) is 19.2 Å². The van der Waals surface area contributed by atoms with E-state index in [1.54, 1.807) is 6.07 Å². The first-order valence-corrected chi connectivity index (χ1v) is 8.77. The van der Waals surface area contributed by atoms with Crippen LogP contribution in [0.4, 0.5) is 5.69 Å². The minimum Gasteiger partial charge on any atom is -0.493 e. The zero-order chi connectivity index (χ0) is 20.0. The first kappa shape index (κ1) is 20.5. The molecule has 0 aliphatic rings. The number of rotatable bonds is 8. The van der Waals surface area contributed by atoms with Crippen molar-refractivity contribution in [1.82, 2.24) is 5.32 Å². The van der Waals surface area contributed by atoms with Gasteiger partial charge < -0.3 is 14.8 Å². The molecule has 0 atom stereocenters. The Balaban J connectivity index is 2.22. The van der Waals surface area contributed by atoms with Gasteiger partial charge in [0.1, 0.15) is 0 Å². The second-order valence-electron chi connectivity index (χ2n) is 6.28. The molecule has 0 heterocycles. The van der Waals surface area contributed by atoms with Crippen LogP contribution in [0.25, 0.3) is 0 Å². The number of nitrogens with one attached hydrogen (secondary N) is 1. The lowest BCUT2D eigenvalue weighted by Crippen LogP contribution is -2.25. The fourth-order valence-corrected chi connectivity index (χ4v) is 2.47. The number of benzene rings is 2. The van der Waals surface area contributed by atoms with E-state index < -0.39 is 4.92 Å². The second-order valence-corrected chi connectivity index (χ2v) is 6.71. The Morgan fingerprint density at radius 2 is 1.89 bits per heavy atom. The van der Waals surface area contributed by atoms with Crippen molar-refractivity contribution in [3.63, 3.8) is 0 Å². The number of carbonyl (C=O) groups is 1. The Morgan fingerprint density at radius 1 is 1.19 bits per heavy atom. The smallest absolute Gasteiger partial charge is 0.313 e. The number of amides is 1. The van der Waals surface area contributed by atoms with Crippen LogP contribution in [-0.2, 0) is 0 Å². The highest BCUT2D eigenvalue weighted by Crippen LogP contribution is 2.37. The van der Waals surface area contributed by atoms with E-state index >= 15 is 0 Å². The number of nitro benzene ring substituents is 1. The number of nitrogens with zero attached hydrogens (tertiary/aromatic N) is 1. The van der Waals surface area contributed by atoms with Gasteiger partial charge in [-0.05, 0) is 42.7 Å². The molecule has 0 radical (unpaired) electrons. The van der Waals surface area contributed by atoms with Crippen molar-refractivity contribution >= 4 is 23.2 Å². The summed E-state index contributed by atoms with van der Waals surface area (Å²) >= 11 is 5.81. The van der Waals surface area contributed by atoms with Crippen LogP contribution >= 0.6 is 11.6 Å². The second kappa shape index (κ2) is 9.23. The Labute approximate surface area is 162 Å². The summed E-state index contributed by atoms with van der Waals surface area (Å²) in [5.74, 6) is 0.831. The van der Waals surface area contributed by atoms with Gasteiger partial charge in [-0.3, -0.25) is 14.9 Å². The summed E-state index contributed by atoms with van der Waals surface area (Å²) < 4.78 is 10.9. The topological polar surface area (TPSA) is 90.7 Å². The first-order valence-electron chi connectivity index (χ1n) is 8.40. The monoisotopic (exact) mass is 392 g/mol. The van der Waals surface area contributed by atoms with Crippen LogP contribution in [0.5, 0.6) is 17.2 Å². The fourth-order valence-electron chi connectivity index (χ4n) is 2.31. The molecule has 2 aromatic carbocycles. The van der Waals surface area contributed by atoms with Crippen molar-refractivity contribution < 1.29 is 19.2 Å². The molecule has 27 heavy (non-hydrogen) atoms. The van der Waals surface area contributed by atoms with Gasteiger partial charge in [0.2, 0.25) is 5.75 Å². The lowest BCUT2D eigenvalue weighted by atomic mass is 10.1. The summed E-state index contributed by atoms with van der Waals surface area (Å²) in [5.41, 5.74) is 0.147. The molecule has 0 aliphatic carbocycles. The molecular formula is C19H21ClN2O5. The van der Waals surface area contributed by atoms with Gasteiger partial charge in [-0.2, -0.15) is 0 Å². The maximum Gasteiger partial charge on any atom is 0.313 e. The van der Waals surface area contributed by atoms with Gasteiger partial charge in [0, 0.05) is 23.2 Å².